The molecule has 6 amide bonds. The number of hydrogen-bond donors (Lipinski definition) is 4. The largest absolute Gasteiger partial charge is 0.453 e. The molecule has 4 aromatic carbocycles. The Morgan fingerprint density at radius 3 is 1.97 bits per heavy atom. The third-order valence-electron chi connectivity index (χ3n) is 12.1. The van der Waals surface area contributed by atoms with Gasteiger partial charge in [-0.15, -0.1) is 0 Å². The summed E-state index contributed by atoms with van der Waals surface area (Å²) in [6.45, 7) is 3.19. The van der Waals surface area contributed by atoms with Crippen molar-refractivity contribution in [1.29, 1.82) is 0 Å². The zero-order valence-corrected chi connectivity index (χ0v) is 36.2. The summed E-state index contributed by atoms with van der Waals surface area (Å²) in [5.41, 5.74) is 5.11. The van der Waals surface area contributed by atoms with E-state index < -0.39 is 18.2 Å². The number of carbonyl (C=O) groups is 5. The van der Waals surface area contributed by atoms with Crippen LogP contribution in [-0.2, 0) is 19.1 Å². The van der Waals surface area contributed by atoms with Crippen LogP contribution in [0.25, 0.3) is 11.3 Å². The number of aromatic nitrogens is 2. The number of nitrogens with zero attached hydrogens (tertiary/aromatic N) is 4. The second-order valence-corrected chi connectivity index (χ2v) is 16.2. The van der Waals surface area contributed by atoms with Gasteiger partial charge >= 0.3 is 12.1 Å². The van der Waals surface area contributed by atoms with Crippen molar-refractivity contribution in [3.8, 4) is 23.1 Å². The van der Waals surface area contributed by atoms with E-state index in [0.717, 1.165) is 48.1 Å². The number of amides is 6. The molecule has 15 nitrogen and oxygen atoms in total. The minimum atomic E-state index is -0.896. The molecule has 0 radical (unpaired) electrons. The average Bonchev–Trinajstić information content (AvgIpc) is 4.16. The van der Waals surface area contributed by atoms with Crippen molar-refractivity contribution in [3.63, 3.8) is 0 Å². The van der Waals surface area contributed by atoms with Crippen molar-refractivity contribution in [2.24, 2.45) is 0 Å². The molecule has 3 aliphatic heterocycles. The zero-order valence-electron chi connectivity index (χ0n) is 36.2. The molecule has 0 bridgehead atoms. The van der Waals surface area contributed by atoms with E-state index in [4.69, 9.17) is 9.47 Å². The highest BCUT2D eigenvalue weighted by Gasteiger charge is 2.38. The molecule has 4 heterocycles. The van der Waals surface area contributed by atoms with Crippen LogP contribution in [0.3, 0.4) is 0 Å². The lowest BCUT2D eigenvalue weighted by atomic mass is 10.0. The molecular weight excluding hydrogens is 825 g/mol. The standard InChI is InChI=1S/C50H52N8O7/c1-64-50(63)55-44(38-12-6-3-7-13-38)48(61)58-27-9-15-42(58)45-51-33-41(53-45)36-22-18-34(19-23-36)16-17-35-20-24-39(25-21-35)46(59)52-32-40-14-8-26-57(40)47(60)43(37-10-4-2-5-11-37)54-49(62)56-28-30-65-31-29-56/h2-7,10-13,18-25,33,40,42-44H,8-9,14-15,26-32H2,1H3,(H,51,53)(H,52,59)(H,54,62)(H,55,63)/t40-,42-,43+,44+/m0/s1. The van der Waals surface area contributed by atoms with Gasteiger partial charge < -0.3 is 45.1 Å². The summed E-state index contributed by atoms with van der Waals surface area (Å²) in [4.78, 5) is 79.9. The van der Waals surface area contributed by atoms with Crippen LogP contribution in [-0.4, -0.2) is 114 Å². The van der Waals surface area contributed by atoms with Crippen molar-refractivity contribution in [3.05, 3.63) is 149 Å². The summed E-state index contributed by atoms with van der Waals surface area (Å²) in [5.74, 6) is 6.36. The molecule has 3 saturated heterocycles. The number of morpholine rings is 1. The average molecular weight is 877 g/mol. The molecular formula is C50H52N8O7. The number of H-pyrrole nitrogens is 1. The van der Waals surface area contributed by atoms with E-state index >= 15 is 0 Å². The molecule has 4 atom stereocenters. The lowest BCUT2D eigenvalue weighted by Crippen LogP contribution is -2.52. The van der Waals surface area contributed by atoms with E-state index in [1.807, 2.05) is 72.8 Å². The lowest BCUT2D eigenvalue weighted by Gasteiger charge is -2.32. The number of imidazole rings is 1. The van der Waals surface area contributed by atoms with Gasteiger partial charge in [-0.2, -0.15) is 0 Å². The van der Waals surface area contributed by atoms with E-state index in [2.05, 4.69) is 37.8 Å². The fourth-order valence-electron chi connectivity index (χ4n) is 8.56. The summed E-state index contributed by atoms with van der Waals surface area (Å²) in [6.07, 6.45) is 4.14. The molecule has 3 aliphatic rings. The molecule has 1 aromatic heterocycles. The van der Waals surface area contributed by atoms with Crippen molar-refractivity contribution >= 4 is 29.8 Å². The van der Waals surface area contributed by atoms with E-state index in [0.29, 0.717) is 61.9 Å². The molecule has 15 heteroatoms. The van der Waals surface area contributed by atoms with Gasteiger partial charge in [0.25, 0.3) is 11.8 Å². The Balaban J connectivity index is 0.852. The molecule has 5 aromatic rings. The number of ether oxygens (including phenoxy) is 2. The van der Waals surface area contributed by atoms with Gasteiger partial charge in [-0.3, -0.25) is 14.4 Å². The Hall–Kier alpha value is -7.44. The summed E-state index contributed by atoms with van der Waals surface area (Å²) >= 11 is 0. The van der Waals surface area contributed by atoms with Gasteiger partial charge in [-0.1, -0.05) is 84.6 Å². The first-order chi connectivity index (χ1) is 31.7. The zero-order chi connectivity index (χ0) is 45.1. The van der Waals surface area contributed by atoms with Gasteiger partial charge in [0.05, 0.1) is 38.3 Å². The number of benzene rings is 4. The fraction of sp³-hybridized carbons (Fsp3) is 0.320. The molecule has 0 unspecified atom stereocenters. The van der Waals surface area contributed by atoms with Crippen molar-refractivity contribution in [2.75, 3.05) is 53.0 Å². The molecule has 3 fully saturated rings. The SMILES string of the molecule is COC(=O)N[C@@H](C(=O)N1CCC[C@H]1c1ncc(-c2ccc(C#Cc3ccc(C(=O)NC[C@@H]4CCCN4C(=O)[C@H](NC(=O)N4CCOCC4)c4ccccc4)cc3)cc2)[nH]1)c1ccccc1. The molecule has 4 N–H and O–H groups in total. The topological polar surface area (TPSA) is 178 Å². The Morgan fingerprint density at radius 2 is 1.32 bits per heavy atom. The van der Waals surface area contributed by atoms with Crippen molar-refractivity contribution in [1.82, 2.24) is 40.6 Å². The quantitative estimate of drug-likeness (QED) is 0.121. The predicted octanol–water partition coefficient (Wildman–Crippen LogP) is 5.74. The number of rotatable bonds is 11. The molecule has 0 saturated carbocycles. The molecule has 334 valence electrons. The number of aromatic amines is 1. The van der Waals surface area contributed by atoms with Crippen LogP contribution >= 0.6 is 0 Å². The predicted molar refractivity (Wildman–Crippen MR) is 242 cm³/mol. The Morgan fingerprint density at radius 1 is 0.738 bits per heavy atom. The van der Waals surface area contributed by atoms with Crippen LogP contribution in [0.4, 0.5) is 9.59 Å². The minimum Gasteiger partial charge on any atom is -0.453 e. The second kappa shape index (κ2) is 20.8. The number of urea groups is 1. The van der Waals surface area contributed by atoms with Gasteiger partial charge in [0.2, 0.25) is 5.91 Å². The number of hydrogen-bond acceptors (Lipinski definition) is 8. The molecule has 0 aliphatic carbocycles. The number of carbonyl (C=O) groups excluding carboxylic acids is 5. The maximum atomic E-state index is 14.0. The van der Waals surface area contributed by atoms with Crippen LogP contribution < -0.4 is 16.0 Å². The maximum Gasteiger partial charge on any atom is 0.407 e. The Kier molecular flexibility index (Phi) is 14.2. The van der Waals surface area contributed by atoms with Gasteiger partial charge in [-0.25, -0.2) is 14.6 Å². The first-order valence-corrected chi connectivity index (χ1v) is 22.0. The highest BCUT2D eigenvalue weighted by molar-refractivity contribution is 5.94. The van der Waals surface area contributed by atoms with Crippen LogP contribution in [0.2, 0.25) is 0 Å². The van der Waals surface area contributed by atoms with Crippen LogP contribution in [0.5, 0.6) is 0 Å². The first kappa shape index (κ1) is 44.2. The highest BCUT2D eigenvalue weighted by Crippen LogP contribution is 2.34. The molecule has 0 spiro atoms. The first-order valence-electron chi connectivity index (χ1n) is 22.0. The fourth-order valence-corrected chi connectivity index (χ4v) is 8.56. The Labute approximate surface area is 377 Å². The number of nitrogens with one attached hydrogen (secondary N) is 4. The molecule has 65 heavy (non-hydrogen) atoms. The number of likely N-dealkylation sites (tertiary alicyclic amines) is 2. The van der Waals surface area contributed by atoms with Gasteiger partial charge in [0, 0.05) is 55.5 Å². The van der Waals surface area contributed by atoms with Crippen LogP contribution in [0.1, 0.15) is 82.2 Å². The smallest absolute Gasteiger partial charge is 0.407 e. The normalized spacial score (nSPS) is 17.9. The third-order valence-corrected chi connectivity index (χ3v) is 12.1. The van der Waals surface area contributed by atoms with E-state index in [1.54, 1.807) is 57.3 Å². The molecule has 8 rings (SSSR count). The van der Waals surface area contributed by atoms with Crippen molar-refractivity contribution < 1.29 is 33.4 Å². The minimum absolute atomic E-state index is 0.200. The van der Waals surface area contributed by atoms with Gasteiger partial charge in [0.1, 0.15) is 17.9 Å². The van der Waals surface area contributed by atoms with Crippen LogP contribution in [0, 0.1) is 11.8 Å². The van der Waals surface area contributed by atoms with Crippen LogP contribution in [0.15, 0.2) is 115 Å². The van der Waals surface area contributed by atoms with Gasteiger partial charge in [-0.05, 0) is 78.8 Å². The van der Waals surface area contributed by atoms with E-state index in [9.17, 15) is 24.0 Å². The summed E-state index contributed by atoms with van der Waals surface area (Å²) in [7, 11) is 1.27. The van der Waals surface area contributed by atoms with Crippen molar-refractivity contribution in [2.45, 2.75) is 49.9 Å². The monoisotopic (exact) mass is 876 g/mol. The highest BCUT2D eigenvalue weighted by atomic mass is 16.5. The maximum absolute atomic E-state index is 14.0. The summed E-state index contributed by atoms with van der Waals surface area (Å²) < 4.78 is 10.2. The summed E-state index contributed by atoms with van der Waals surface area (Å²) in [5, 5.41) is 8.68. The number of alkyl carbamates (subject to hydrolysis) is 1. The van der Waals surface area contributed by atoms with Gasteiger partial charge in [0.15, 0.2) is 0 Å². The van der Waals surface area contributed by atoms with E-state index in [-0.39, 0.29) is 42.4 Å². The Bertz CT molecular complexity index is 2520. The number of methoxy groups -OCH3 is 1. The summed E-state index contributed by atoms with van der Waals surface area (Å²) in [6, 6.07) is 30.7. The lowest BCUT2D eigenvalue weighted by molar-refractivity contribution is -0.135. The third kappa shape index (κ3) is 10.7. The second-order valence-electron chi connectivity index (χ2n) is 16.2. The van der Waals surface area contributed by atoms with E-state index in [1.165, 1.54) is 7.11 Å².